The normalized spacial score (nSPS) is 23.9. The minimum atomic E-state index is -1.64. The third-order valence-electron chi connectivity index (χ3n) is 5.42. The lowest BCUT2D eigenvalue weighted by Gasteiger charge is -2.35. The average molecular weight is 448 g/mol. The van der Waals surface area contributed by atoms with Crippen molar-refractivity contribution in [2.75, 3.05) is 13.7 Å². The molecule has 0 unspecified atom stereocenters. The van der Waals surface area contributed by atoms with Gasteiger partial charge in [0.15, 0.2) is 22.7 Å². The first-order valence-corrected chi connectivity index (χ1v) is 9.34. The van der Waals surface area contributed by atoms with Crippen LogP contribution in [0.4, 0.5) is 0 Å². The number of phenols is 2. The summed E-state index contributed by atoms with van der Waals surface area (Å²) in [4.78, 5) is 25.3. The zero-order chi connectivity index (χ0) is 22.9. The van der Waals surface area contributed by atoms with Crippen LogP contribution in [-0.2, 0) is 4.74 Å². The fraction of sp³-hybridized carbons (Fsp3) is 0.300. The maximum absolute atomic E-state index is 12.7. The van der Waals surface area contributed by atoms with E-state index in [-0.39, 0.29) is 45.2 Å². The fourth-order valence-electron chi connectivity index (χ4n) is 3.85. The SMILES string of the molecule is COc1c(O[C@@H]2OC[C@@H](O)[C@H](O)[C@H]2O)cc2c(=O)oc3c(O)c(O)cc4c(=O)oc1c2c34. The van der Waals surface area contributed by atoms with Crippen LogP contribution in [0.3, 0.4) is 0 Å². The summed E-state index contributed by atoms with van der Waals surface area (Å²) in [5, 5.41) is 49.5. The van der Waals surface area contributed by atoms with Crippen LogP contribution in [0.25, 0.3) is 32.7 Å². The van der Waals surface area contributed by atoms with Crippen molar-refractivity contribution in [3.8, 4) is 23.0 Å². The Balaban J connectivity index is 1.80. The summed E-state index contributed by atoms with van der Waals surface area (Å²) in [6.45, 7) is -0.334. The molecule has 4 aromatic rings. The lowest BCUT2D eigenvalue weighted by molar-refractivity contribution is -0.242. The van der Waals surface area contributed by atoms with E-state index in [1.165, 1.54) is 13.2 Å². The van der Waals surface area contributed by atoms with Gasteiger partial charge in [-0.2, -0.15) is 0 Å². The van der Waals surface area contributed by atoms with Crippen molar-refractivity contribution in [2.24, 2.45) is 0 Å². The molecular weight excluding hydrogens is 432 g/mol. The molecule has 168 valence electrons. The van der Waals surface area contributed by atoms with Gasteiger partial charge in [-0.25, -0.2) is 9.59 Å². The van der Waals surface area contributed by atoms with Crippen LogP contribution in [0.15, 0.2) is 30.6 Å². The predicted molar refractivity (Wildman–Crippen MR) is 105 cm³/mol. The van der Waals surface area contributed by atoms with Crippen LogP contribution < -0.4 is 20.7 Å². The minimum Gasteiger partial charge on any atom is -0.504 e. The van der Waals surface area contributed by atoms with Gasteiger partial charge in [0.25, 0.3) is 0 Å². The Morgan fingerprint density at radius 1 is 0.938 bits per heavy atom. The van der Waals surface area contributed by atoms with E-state index in [2.05, 4.69) is 0 Å². The Bertz CT molecular complexity index is 1470. The number of aromatic hydroxyl groups is 2. The van der Waals surface area contributed by atoms with E-state index in [1.807, 2.05) is 0 Å². The monoisotopic (exact) mass is 448 g/mol. The predicted octanol–water partition coefficient (Wildman–Crippen LogP) is -0.272. The lowest BCUT2D eigenvalue weighted by Crippen LogP contribution is -2.54. The van der Waals surface area contributed by atoms with E-state index in [0.717, 1.165) is 6.07 Å². The number of hydrogen-bond acceptors (Lipinski definition) is 12. The Morgan fingerprint density at radius 2 is 1.56 bits per heavy atom. The molecule has 1 aliphatic heterocycles. The molecule has 2 aromatic heterocycles. The minimum absolute atomic E-state index is 0.0264. The molecule has 1 fully saturated rings. The molecule has 0 amide bonds. The second kappa shape index (κ2) is 6.97. The zero-order valence-corrected chi connectivity index (χ0v) is 16.3. The number of hydrogen-bond donors (Lipinski definition) is 5. The third kappa shape index (κ3) is 2.71. The first-order valence-electron chi connectivity index (χ1n) is 9.34. The average Bonchev–Trinajstić information content (AvgIpc) is 2.76. The summed E-state index contributed by atoms with van der Waals surface area (Å²) in [6.07, 6.45) is -5.97. The Morgan fingerprint density at radius 3 is 2.25 bits per heavy atom. The molecule has 2 aromatic carbocycles. The number of aliphatic hydroxyl groups is 3. The highest BCUT2D eigenvalue weighted by Crippen LogP contribution is 2.45. The van der Waals surface area contributed by atoms with Gasteiger partial charge >= 0.3 is 11.3 Å². The van der Waals surface area contributed by atoms with Crippen LogP contribution in [-0.4, -0.2) is 63.9 Å². The summed E-state index contributed by atoms with van der Waals surface area (Å²) in [5.41, 5.74) is -2.50. The van der Waals surface area contributed by atoms with E-state index < -0.39 is 52.9 Å². The second-order valence-electron chi connectivity index (χ2n) is 7.30. The number of phenolic OH excluding ortho intramolecular Hbond substituents is 2. The van der Waals surface area contributed by atoms with Crippen molar-refractivity contribution in [3.05, 3.63) is 33.0 Å². The van der Waals surface area contributed by atoms with Crippen LogP contribution in [0.1, 0.15) is 0 Å². The first kappa shape index (κ1) is 20.3. The van der Waals surface area contributed by atoms with E-state index in [9.17, 15) is 35.1 Å². The molecule has 5 rings (SSSR count). The largest absolute Gasteiger partial charge is 0.504 e. The number of aliphatic hydroxyl groups excluding tert-OH is 3. The lowest BCUT2D eigenvalue weighted by atomic mass is 10.0. The molecule has 5 N–H and O–H groups in total. The third-order valence-corrected chi connectivity index (χ3v) is 5.42. The van der Waals surface area contributed by atoms with Gasteiger partial charge in [0.2, 0.25) is 17.8 Å². The van der Waals surface area contributed by atoms with Crippen molar-refractivity contribution in [1.82, 2.24) is 0 Å². The van der Waals surface area contributed by atoms with Gasteiger partial charge in [0, 0.05) is 10.8 Å². The highest BCUT2D eigenvalue weighted by Gasteiger charge is 2.40. The van der Waals surface area contributed by atoms with Crippen molar-refractivity contribution >= 4 is 32.7 Å². The smallest absolute Gasteiger partial charge is 0.344 e. The van der Waals surface area contributed by atoms with Gasteiger partial charge in [-0.05, 0) is 12.1 Å². The zero-order valence-electron chi connectivity index (χ0n) is 16.3. The number of rotatable bonds is 3. The molecule has 12 nitrogen and oxygen atoms in total. The molecule has 1 saturated heterocycles. The van der Waals surface area contributed by atoms with Crippen molar-refractivity contribution in [1.29, 1.82) is 0 Å². The molecule has 12 heteroatoms. The Hall–Kier alpha value is -3.58. The molecule has 3 heterocycles. The van der Waals surface area contributed by atoms with Crippen LogP contribution in [0, 0.1) is 0 Å². The summed E-state index contributed by atoms with van der Waals surface area (Å²) in [6, 6.07) is 2.18. The summed E-state index contributed by atoms with van der Waals surface area (Å²) in [5.74, 6) is -1.73. The Labute approximate surface area is 176 Å². The highest BCUT2D eigenvalue weighted by molar-refractivity contribution is 6.22. The molecule has 0 aliphatic carbocycles. The van der Waals surface area contributed by atoms with Crippen molar-refractivity contribution in [2.45, 2.75) is 24.6 Å². The van der Waals surface area contributed by atoms with Gasteiger partial charge in [-0.15, -0.1) is 0 Å². The molecule has 4 atom stereocenters. The standard InChI is InChI=1S/C20H16O12/c1-28-15-9(30-20-14(25)12(23)8(22)4-29-20)3-6-11-10-5(18(26)32-17(11)15)2-7(21)13(24)16(10)31-19(6)27/h2-3,8,12,14,20-25H,4H2,1H3/t8-,12+,14-,20+/m1/s1. The van der Waals surface area contributed by atoms with E-state index >= 15 is 0 Å². The second-order valence-corrected chi connectivity index (χ2v) is 7.30. The summed E-state index contributed by atoms with van der Waals surface area (Å²) >= 11 is 0. The first-order chi connectivity index (χ1) is 15.2. The molecule has 1 aliphatic rings. The van der Waals surface area contributed by atoms with Gasteiger partial charge in [-0.1, -0.05) is 0 Å². The fourth-order valence-corrected chi connectivity index (χ4v) is 3.85. The van der Waals surface area contributed by atoms with Gasteiger partial charge in [0.1, 0.15) is 18.3 Å². The Kier molecular flexibility index (Phi) is 4.43. The number of methoxy groups -OCH3 is 1. The van der Waals surface area contributed by atoms with Crippen LogP contribution in [0.2, 0.25) is 0 Å². The van der Waals surface area contributed by atoms with E-state index in [0.29, 0.717) is 0 Å². The number of ether oxygens (including phenoxy) is 3. The summed E-state index contributed by atoms with van der Waals surface area (Å²) < 4.78 is 26.6. The van der Waals surface area contributed by atoms with E-state index in [1.54, 1.807) is 0 Å². The van der Waals surface area contributed by atoms with Crippen LogP contribution >= 0.6 is 0 Å². The highest BCUT2D eigenvalue weighted by atomic mass is 16.7. The topological polar surface area (TPSA) is 189 Å². The van der Waals surface area contributed by atoms with Gasteiger partial charge in [-0.3, -0.25) is 0 Å². The maximum Gasteiger partial charge on any atom is 0.344 e. The van der Waals surface area contributed by atoms with Gasteiger partial charge in [0.05, 0.1) is 24.5 Å². The molecule has 0 spiro atoms. The quantitative estimate of drug-likeness (QED) is 0.157. The molecule has 0 bridgehead atoms. The maximum atomic E-state index is 12.7. The molecule has 32 heavy (non-hydrogen) atoms. The van der Waals surface area contributed by atoms with Gasteiger partial charge < -0.3 is 48.6 Å². The van der Waals surface area contributed by atoms with Crippen LogP contribution in [0.5, 0.6) is 23.0 Å². The molecule has 0 saturated carbocycles. The van der Waals surface area contributed by atoms with Crippen molar-refractivity contribution in [3.63, 3.8) is 0 Å². The van der Waals surface area contributed by atoms with E-state index in [4.69, 9.17) is 23.0 Å². The number of benzene rings is 2. The van der Waals surface area contributed by atoms with Crippen molar-refractivity contribution < 1.29 is 48.6 Å². The summed E-state index contributed by atoms with van der Waals surface area (Å²) in [7, 11) is 1.24. The molecular formula is C20H16O12. The molecule has 0 radical (unpaired) electrons.